The molecule has 1 aliphatic rings. The molecule has 0 aromatic heterocycles. The van der Waals surface area contributed by atoms with E-state index in [-0.39, 0.29) is 11.3 Å². The van der Waals surface area contributed by atoms with Crippen LogP contribution >= 0.6 is 15.9 Å². The third-order valence-corrected chi connectivity index (χ3v) is 3.84. The van der Waals surface area contributed by atoms with Crippen LogP contribution in [0, 0.1) is 5.82 Å². The molecular weight excluding hydrogens is 327 g/mol. The van der Waals surface area contributed by atoms with Gasteiger partial charge < -0.3 is 14.9 Å². The third kappa shape index (κ3) is 3.49. The SMILES string of the molecule is O=C(c1c(O)cccc1F)N1CCCN(CCBr)CC1. The smallest absolute Gasteiger partial charge is 0.260 e. The predicted molar refractivity (Wildman–Crippen MR) is 78.8 cm³/mol. The van der Waals surface area contributed by atoms with Gasteiger partial charge in [-0.15, -0.1) is 0 Å². The molecule has 0 aliphatic carbocycles. The third-order valence-electron chi connectivity index (χ3n) is 3.48. The maximum Gasteiger partial charge on any atom is 0.260 e. The molecule has 0 spiro atoms. The average molecular weight is 345 g/mol. The zero-order valence-corrected chi connectivity index (χ0v) is 12.8. The van der Waals surface area contributed by atoms with Crippen LogP contribution in [0.15, 0.2) is 18.2 Å². The molecule has 0 saturated carbocycles. The number of rotatable bonds is 3. The molecule has 0 unspecified atom stereocenters. The van der Waals surface area contributed by atoms with Crippen molar-refractivity contribution in [3.8, 4) is 5.75 Å². The molecule has 1 aromatic carbocycles. The average Bonchev–Trinajstić information content (AvgIpc) is 2.64. The molecule has 110 valence electrons. The number of carbonyl (C=O) groups excluding carboxylic acids is 1. The molecule has 1 N–H and O–H groups in total. The molecular formula is C14H18BrFN2O2. The maximum atomic E-state index is 13.7. The van der Waals surface area contributed by atoms with E-state index in [1.165, 1.54) is 18.2 Å². The van der Waals surface area contributed by atoms with E-state index in [9.17, 15) is 14.3 Å². The van der Waals surface area contributed by atoms with E-state index >= 15 is 0 Å². The standard InChI is InChI=1S/C14H18BrFN2O2/c15-5-8-17-6-2-7-18(10-9-17)14(20)13-11(16)3-1-4-12(13)19/h1,3-4,19H,2,5-10H2. The van der Waals surface area contributed by atoms with Gasteiger partial charge >= 0.3 is 0 Å². The largest absolute Gasteiger partial charge is 0.507 e. The lowest BCUT2D eigenvalue weighted by atomic mass is 10.1. The first-order valence-electron chi connectivity index (χ1n) is 6.68. The lowest BCUT2D eigenvalue weighted by Crippen LogP contribution is -2.36. The number of nitrogens with zero attached hydrogens (tertiary/aromatic N) is 2. The van der Waals surface area contributed by atoms with Crippen LogP contribution in [0.2, 0.25) is 0 Å². The Hall–Kier alpha value is -1.14. The van der Waals surface area contributed by atoms with Gasteiger partial charge in [-0.05, 0) is 25.1 Å². The van der Waals surface area contributed by atoms with Gasteiger partial charge in [-0.2, -0.15) is 0 Å². The number of alkyl halides is 1. The molecule has 1 heterocycles. The van der Waals surface area contributed by atoms with E-state index in [0.29, 0.717) is 13.1 Å². The van der Waals surface area contributed by atoms with Crippen LogP contribution in [0.4, 0.5) is 4.39 Å². The van der Waals surface area contributed by atoms with Crippen molar-refractivity contribution in [3.63, 3.8) is 0 Å². The minimum Gasteiger partial charge on any atom is -0.507 e. The number of aromatic hydroxyl groups is 1. The van der Waals surface area contributed by atoms with Gasteiger partial charge in [0.25, 0.3) is 5.91 Å². The van der Waals surface area contributed by atoms with Crippen LogP contribution < -0.4 is 0 Å². The topological polar surface area (TPSA) is 43.8 Å². The molecule has 4 nitrogen and oxygen atoms in total. The molecule has 2 rings (SSSR count). The van der Waals surface area contributed by atoms with Crippen LogP contribution in [-0.4, -0.2) is 58.9 Å². The van der Waals surface area contributed by atoms with Gasteiger partial charge in [0, 0.05) is 31.5 Å². The summed E-state index contributed by atoms with van der Waals surface area (Å²) in [6.07, 6.45) is 0.855. The minimum atomic E-state index is -0.670. The molecule has 0 bridgehead atoms. The second-order valence-corrected chi connectivity index (χ2v) is 5.60. The predicted octanol–water partition coefficient (Wildman–Crippen LogP) is 2.07. The Morgan fingerprint density at radius 2 is 2.10 bits per heavy atom. The minimum absolute atomic E-state index is 0.221. The highest BCUT2D eigenvalue weighted by Crippen LogP contribution is 2.22. The van der Waals surface area contributed by atoms with E-state index in [1.54, 1.807) is 4.90 Å². The lowest BCUT2D eigenvalue weighted by Gasteiger charge is -2.22. The molecule has 1 saturated heterocycles. The number of carbonyl (C=O) groups is 1. The Kier molecular flexibility index (Phi) is 5.37. The molecule has 1 aliphatic heterocycles. The fourth-order valence-electron chi connectivity index (χ4n) is 2.40. The lowest BCUT2D eigenvalue weighted by molar-refractivity contribution is 0.0754. The second kappa shape index (κ2) is 7.04. The van der Waals surface area contributed by atoms with Gasteiger partial charge in [0.05, 0.1) is 0 Å². The molecule has 1 aromatic rings. The Morgan fingerprint density at radius 3 is 2.80 bits per heavy atom. The van der Waals surface area contributed by atoms with Crippen molar-refractivity contribution in [1.29, 1.82) is 0 Å². The van der Waals surface area contributed by atoms with Gasteiger partial charge in [0.1, 0.15) is 17.1 Å². The summed E-state index contributed by atoms with van der Waals surface area (Å²) in [7, 11) is 0. The summed E-state index contributed by atoms with van der Waals surface area (Å²) in [6.45, 7) is 3.78. The molecule has 1 amide bonds. The quantitative estimate of drug-likeness (QED) is 0.853. The van der Waals surface area contributed by atoms with Crippen LogP contribution in [0.5, 0.6) is 5.75 Å². The highest BCUT2D eigenvalue weighted by Gasteiger charge is 2.24. The monoisotopic (exact) mass is 344 g/mol. The highest BCUT2D eigenvalue weighted by atomic mass is 79.9. The first kappa shape index (κ1) is 15.3. The maximum absolute atomic E-state index is 13.7. The summed E-state index contributed by atoms with van der Waals surface area (Å²) in [5, 5.41) is 10.6. The zero-order chi connectivity index (χ0) is 14.5. The Labute approximate surface area is 126 Å². The fraction of sp³-hybridized carbons (Fsp3) is 0.500. The van der Waals surface area contributed by atoms with Crippen LogP contribution in [0.1, 0.15) is 16.8 Å². The van der Waals surface area contributed by atoms with E-state index in [1.807, 2.05) is 0 Å². The van der Waals surface area contributed by atoms with Gasteiger partial charge in [-0.25, -0.2) is 4.39 Å². The van der Waals surface area contributed by atoms with Crippen LogP contribution in [0.25, 0.3) is 0 Å². The van der Waals surface area contributed by atoms with Crippen molar-refractivity contribution < 1.29 is 14.3 Å². The number of hydrogen-bond acceptors (Lipinski definition) is 3. The number of phenols is 1. The molecule has 0 atom stereocenters. The van der Waals surface area contributed by atoms with Gasteiger partial charge in [0.2, 0.25) is 0 Å². The van der Waals surface area contributed by atoms with E-state index in [4.69, 9.17) is 0 Å². The summed E-state index contributed by atoms with van der Waals surface area (Å²) in [4.78, 5) is 16.2. The number of phenolic OH excluding ortho intramolecular Hbond substituents is 1. The van der Waals surface area contributed by atoms with Crippen molar-refractivity contribution in [1.82, 2.24) is 9.80 Å². The number of amides is 1. The summed E-state index contributed by atoms with van der Waals surface area (Å²) in [5.74, 6) is -1.39. The highest BCUT2D eigenvalue weighted by molar-refractivity contribution is 9.09. The molecule has 6 heteroatoms. The summed E-state index contributed by atoms with van der Waals surface area (Å²) < 4.78 is 13.7. The van der Waals surface area contributed by atoms with E-state index in [0.717, 1.165) is 31.4 Å². The van der Waals surface area contributed by atoms with Crippen molar-refractivity contribution in [2.45, 2.75) is 6.42 Å². The number of hydrogen-bond donors (Lipinski definition) is 1. The molecule has 1 fully saturated rings. The second-order valence-electron chi connectivity index (χ2n) is 4.81. The van der Waals surface area contributed by atoms with Crippen LogP contribution in [0.3, 0.4) is 0 Å². The number of halogens is 2. The van der Waals surface area contributed by atoms with Crippen molar-refractivity contribution >= 4 is 21.8 Å². The van der Waals surface area contributed by atoms with E-state index < -0.39 is 11.7 Å². The first-order valence-corrected chi connectivity index (χ1v) is 7.80. The first-order chi connectivity index (χ1) is 9.63. The normalized spacial score (nSPS) is 17.0. The summed E-state index contributed by atoms with van der Waals surface area (Å²) in [5.41, 5.74) is -0.221. The Morgan fingerprint density at radius 1 is 1.30 bits per heavy atom. The number of benzene rings is 1. The fourth-order valence-corrected chi connectivity index (χ4v) is 2.90. The Balaban J connectivity index is 2.10. The van der Waals surface area contributed by atoms with Gasteiger partial charge in [0.15, 0.2) is 0 Å². The molecule has 20 heavy (non-hydrogen) atoms. The van der Waals surface area contributed by atoms with Crippen molar-refractivity contribution in [3.05, 3.63) is 29.6 Å². The zero-order valence-electron chi connectivity index (χ0n) is 11.2. The van der Waals surface area contributed by atoms with Gasteiger partial charge in [-0.3, -0.25) is 4.79 Å². The Bertz CT molecular complexity index is 464. The molecule has 0 radical (unpaired) electrons. The summed E-state index contributed by atoms with van der Waals surface area (Å²) in [6, 6.07) is 3.93. The van der Waals surface area contributed by atoms with E-state index in [2.05, 4.69) is 20.8 Å². The summed E-state index contributed by atoms with van der Waals surface area (Å²) >= 11 is 3.41. The van der Waals surface area contributed by atoms with Gasteiger partial charge in [-0.1, -0.05) is 22.0 Å². The van der Waals surface area contributed by atoms with Crippen molar-refractivity contribution in [2.24, 2.45) is 0 Å². The van der Waals surface area contributed by atoms with Crippen molar-refractivity contribution in [2.75, 3.05) is 38.1 Å². The van der Waals surface area contributed by atoms with Crippen LogP contribution in [-0.2, 0) is 0 Å².